The van der Waals surface area contributed by atoms with Gasteiger partial charge in [0, 0.05) is 29.3 Å². The molecule has 0 aromatic heterocycles. The molecule has 250 valence electrons. The van der Waals surface area contributed by atoms with E-state index in [9.17, 15) is 40.9 Å². The second kappa shape index (κ2) is 14.7. The van der Waals surface area contributed by atoms with Crippen molar-refractivity contribution in [2.24, 2.45) is 0 Å². The summed E-state index contributed by atoms with van der Waals surface area (Å²) in [5.74, 6) is 0. The summed E-state index contributed by atoms with van der Waals surface area (Å²) in [5, 5.41) is 52.2. The molecule has 0 saturated heterocycles. The van der Waals surface area contributed by atoms with E-state index in [0.717, 1.165) is 24.3 Å². The molecular weight excluding hydrogens is 721 g/mol. The van der Waals surface area contributed by atoms with Crippen LogP contribution in [0.15, 0.2) is 157 Å². The van der Waals surface area contributed by atoms with Gasteiger partial charge in [0.15, 0.2) is 0 Å². The fraction of sp³-hybridized carbons (Fsp3) is 0. The van der Waals surface area contributed by atoms with Gasteiger partial charge < -0.3 is 0 Å². The van der Waals surface area contributed by atoms with Crippen LogP contribution in [-0.4, -0.2) is 28.3 Å². The van der Waals surface area contributed by atoms with E-state index in [2.05, 4.69) is 121 Å². The number of non-ortho nitro benzene ring substituents is 2. The Kier molecular flexibility index (Phi) is 9.82. The number of nitrogens with zero attached hydrogens (tertiary/aromatic N) is 5. The molecule has 7 rings (SSSR count). The first-order valence-corrected chi connectivity index (χ1v) is 19.4. The van der Waals surface area contributed by atoms with E-state index in [-0.39, 0.29) is 33.5 Å². The summed E-state index contributed by atoms with van der Waals surface area (Å²) in [6.07, 6.45) is 0. The molecule has 0 radical (unpaired) electrons. The van der Waals surface area contributed by atoms with Crippen LogP contribution in [0.25, 0.3) is 16.7 Å². The predicted octanol–water partition coefficient (Wildman–Crippen LogP) is 6.30. The molecule has 6 aromatic rings. The average molecular weight is 747 g/mol. The van der Waals surface area contributed by atoms with Crippen molar-refractivity contribution in [3.05, 3.63) is 199 Å². The molecule has 0 amide bonds. The van der Waals surface area contributed by atoms with Gasteiger partial charge in [0.2, 0.25) is 0 Å². The molecule has 0 atom stereocenters. The molecule has 0 bridgehead atoms. The molecule has 1 aliphatic rings. The van der Waals surface area contributed by atoms with Gasteiger partial charge in [-0.15, -0.1) is 0 Å². The van der Waals surface area contributed by atoms with Crippen molar-refractivity contribution < 1.29 is 14.8 Å². The fourth-order valence-electron chi connectivity index (χ4n) is 6.46. The van der Waals surface area contributed by atoms with Crippen LogP contribution in [0.4, 0.5) is 17.1 Å². The second-order valence-corrected chi connectivity index (χ2v) is 18.5. The molecule has 0 fully saturated rings. The monoisotopic (exact) mass is 746 g/mol. The summed E-state index contributed by atoms with van der Waals surface area (Å²) in [4.78, 5) is 31.3. The number of nitro benzene ring substituents is 3. The first-order chi connectivity index (χ1) is 25.2. The number of nitriles is 2. The first kappa shape index (κ1) is 34.7. The van der Waals surface area contributed by atoms with Crippen molar-refractivity contribution in [3.63, 3.8) is 0 Å². The van der Waals surface area contributed by atoms with Crippen molar-refractivity contribution >= 4 is 53.6 Å². The number of nitro groups is 3. The van der Waals surface area contributed by atoms with Crippen LogP contribution in [0.2, 0.25) is 0 Å². The van der Waals surface area contributed by atoms with Crippen LogP contribution in [0.5, 0.6) is 0 Å². The van der Waals surface area contributed by atoms with Crippen LogP contribution < -0.4 is 17.4 Å². The maximum absolute atomic E-state index is 11.5. The summed E-state index contributed by atoms with van der Waals surface area (Å²) in [6.45, 7) is 0. The maximum atomic E-state index is 11.5. The summed E-state index contributed by atoms with van der Waals surface area (Å²) in [5.41, 5.74) is -2.00. The summed E-state index contributed by atoms with van der Waals surface area (Å²) < 4.78 is 5.79. The summed E-state index contributed by atoms with van der Waals surface area (Å²) in [6, 6.07) is 52.7. The van der Waals surface area contributed by atoms with E-state index in [1.54, 1.807) is 12.1 Å². The van der Waals surface area contributed by atoms with Crippen molar-refractivity contribution in [2.75, 3.05) is 0 Å². The first-order valence-electron chi connectivity index (χ1n) is 15.6. The molecule has 52 heavy (non-hydrogen) atoms. The van der Waals surface area contributed by atoms with Gasteiger partial charge in [0.25, 0.3) is 17.1 Å². The molecule has 0 spiro atoms. The standard InChI is InChI=1S/C24H20As.C16H5N5O6/c1-5-13-21(14-6-1)25(22-15-7-2-8-16-22,23-17-9-3-10-18-23)24-19-11-4-12-20-24;17-6-8(7-18)15-12-3-9(19(22)23)1-2-11(12)16-13(15)4-10(20(24)25)5-14(16)21(26)27/h1-20H;1-5H/q+1;. The number of benzene rings is 6. The minimum absolute atomic E-state index is 0.0338. The third-order valence-electron chi connectivity index (χ3n) is 8.58. The van der Waals surface area contributed by atoms with Gasteiger partial charge >= 0.3 is 152 Å². The van der Waals surface area contributed by atoms with E-state index in [4.69, 9.17) is 0 Å². The van der Waals surface area contributed by atoms with Crippen LogP contribution >= 0.6 is 0 Å². The van der Waals surface area contributed by atoms with Gasteiger partial charge in [-0.3, -0.25) is 30.3 Å². The Labute approximate surface area is 299 Å². The van der Waals surface area contributed by atoms with Gasteiger partial charge in [-0.1, -0.05) is 0 Å². The molecule has 11 nitrogen and oxygen atoms in total. The van der Waals surface area contributed by atoms with Gasteiger partial charge in [0.1, 0.15) is 17.7 Å². The number of rotatable bonds is 7. The zero-order chi connectivity index (χ0) is 36.8. The van der Waals surface area contributed by atoms with E-state index in [1.807, 2.05) is 0 Å². The number of hydrogen-bond donors (Lipinski definition) is 0. The molecule has 0 saturated carbocycles. The molecule has 0 aliphatic heterocycles. The summed E-state index contributed by atoms with van der Waals surface area (Å²) >= 11 is -2.77. The molecule has 12 heteroatoms. The topological polar surface area (TPSA) is 177 Å². The molecule has 0 heterocycles. The Hall–Kier alpha value is -7.20. The van der Waals surface area contributed by atoms with Crippen molar-refractivity contribution in [1.29, 1.82) is 10.5 Å². The summed E-state index contributed by atoms with van der Waals surface area (Å²) in [7, 11) is 0. The number of fused-ring (bicyclic) bond motifs is 3. The van der Waals surface area contributed by atoms with Gasteiger partial charge in [0.05, 0.1) is 26.4 Å². The molecule has 0 N–H and O–H groups in total. The second-order valence-electron chi connectivity index (χ2n) is 11.4. The number of allylic oxidation sites excluding steroid dienone is 1. The van der Waals surface area contributed by atoms with Crippen molar-refractivity contribution in [1.82, 2.24) is 0 Å². The molecular formula is C40H25AsN5O6+. The van der Waals surface area contributed by atoms with Crippen molar-refractivity contribution in [2.45, 2.75) is 0 Å². The molecule has 6 aromatic carbocycles. The SMILES string of the molecule is N#CC(C#N)=C1c2cc([N+](=O)[O-])ccc2-c2c1cc([N+](=O)[O-])cc2[N+](=O)[O-].c1ccc([As+](c2ccccc2)(c2ccccc2)c2ccccc2)cc1. The van der Waals surface area contributed by atoms with Crippen LogP contribution in [0, 0.1) is 53.0 Å². The average Bonchev–Trinajstić information content (AvgIpc) is 3.50. The minimum atomic E-state index is -2.77. The van der Waals surface area contributed by atoms with Gasteiger partial charge in [-0.25, -0.2) is 0 Å². The molecule has 0 unspecified atom stereocenters. The quantitative estimate of drug-likeness (QED) is 0.0789. The Bertz CT molecular complexity index is 2280. The Morgan fingerprint density at radius 2 is 0.885 bits per heavy atom. The van der Waals surface area contributed by atoms with E-state index >= 15 is 0 Å². The predicted molar refractivity (Wildman–Crippen MR) is 199 cm³/mol. The fourth-order valence-corrected chi connectivity index (χ4v) is 15.4. The number of hydrogen-bond acceptors (Lipinski definition) is 8. The van der Waals surface area contributed by atoms with Crippen LogP contribution in [0.3, 0.4) is 0 Å². The van der Waals surface area contributed by atoms with E-state index in [1.165, 1.54) is 23.5 Å². The third kappa shape index (κ3) is 6.20. The van der Waals surface area contributed by atoms with Crippen molar-refractivity contribution in [3.8, 4) is 23.3 Å². The van der Waals surface area contributed by atoms with Gasteiger partial charge in [-0.05, 0) is 17.2 Å². The van der Waals surface area contributed by atoms with Gasteiger partial charge in [-0.2, -0.15) is 10.5 Å². The Morgan fingerprint density at radius 1 is 0.481 bits per heavy atom. The molecule has 1 aliphatic carbocycles. The van der Waals surface area contributed by atoms with E-state index < -0.39 is 45.3 Å². The zero-order valence-electron chi connectivity index (χ0n) is 27.1. The third-order valence-corrected chi connectivity index (χ3v) is 17.6. The Morgan fingerprint density at radius 3 is 1.25 bits per heavy atom. The zero-order valence-corrected chi connectivity index (χ0v) is 28.9. The van der Waals surface area contributed by atoms with Crippen LogP contribution in [0.1, 0.15) is 11.1 Å². The normalized spacial score (nSPS) is 11.1. The van der Waals surface area contributed by atoms with Crippen LogP contribution in [-0.2, 0) is 0 Å². The van der Waals surface area contributed by atoms with E-state index in [0.29, 0.717) is 0 Å². The Balaban J connectivity index is 0.000000179.